The van der Waals surface area contributed by atoms with E-state index in [1.165, 1.54) is 12.5 Å². The van der Waals surface area contributed by atoms with Gasteiger partial charge in [-0.3, -0.25) is 9.59 Å². The lowest BCUT2D eigenvalue weighted by atomic mass is 9.97. The molecule has 0 spiro atoms. The van der Waals surface area contributed by atoms with Gasteiger partial charge in [0.1, 0.15) is 24.1 Å². The molecule has 0 saturated carbocycles. The van der Waals surface area contributed by atoms with Crippen LogP contribution < -0.4 is 0 Å². The van der Waals surface area contributed by atoms with Gasteiger partial charge >= 0.3 is 11.9 Å². The van der Waals surface area contributed by atoms with E-state index in [1.54, 1.807) is 0 Å². The summed E-state index contributed by atoms with van der Waals surface area (Å²) in [5, 5.41) is 0. The Bertz CT molecular complexity index is 644. The summed E-state index contributed by atoms with van der Waals surface area (Å²) in [5.41, 5.74) is 1.05. The Morgan fingerprint density at radius 1 is 1.19 bits per heavy atom. The molecule has 27 heavy (non-hydrogen) atoms. The van der Waals surface area contributed by atoms with Crippen molar-refractivity contribution in [1.82, 2.24) is 0 Å². The number of hydrogen-bond acceptors (Lipinski definition) is 5. The van der Waals surface area contributed by atoms with Crippen LogP contribution >= 0.6 is 0 Å². The van der Waals surface area contributed by atoms with Crippen LogP contribution in [0.1, 0.15) is 68.2 Å². The molecule has 0 saturated heterocycles. The fourth-order valence-corrected chi connectivity index (χ4v) is 2.43. The van der Waals surface area contributed by atoms with Crippen LogP contribution in [0.4, 0.5) is 0 Å². The first kappa shape index (κ1) is 23.2. The number of rotatable bonds is 7. The quantitative estimate of drug-likeness (QED) is 0.467. The summed E-state index contributed by atoms with van der Waals surface area (Å²) in [4.78, 5) is 23.0. The van der Waals surface area contributed by atoms with Crippen molar-refractivity contribution in [3.63, 3.8) is 0 Å². The first-order valence-corrected chi connectivity index (χ1v) is 9.41. The highest BCUT2D eigenvalue weighted by Crippen LogP contribution is 2.35. The van der Waals surface area contributed by atoms with Crippen LogP contribution in [0.2, 0.25) is 0 Å². The molecule has 0 N–H and O–H groups in total. The maximum atomic E-state index is 12.2. The zero-order chi connectivity index (χ0) is 20.8. The van der Waals surface area contributed by atoms with Crippen LogP contribution in [-0.4, -0.2) is 30.3 Å². The van der Waals surface area contributed by atoms with Gasteiger partial charge in [-0.15, -0.1) is 0 Å². The van der Waals surface area contributed by atoms with E-state index in [1.807, 2.05) is 60.6 Å². The smallest absolute Gasteiger partial charge is 0.316 e. The van der Waals surface area contributed by atoms with Crippen LogP contribution in [0.3, 0.4) is 0 Å². The zero-order valence-corrected chi connectivity index (χ0v) is 18.0. The minimum absolute atomic E-state index is 0.201. The molecule has 0 aliphatic carbocycles. The van der Waals surface area contributed by atoms with Gasteiger partial charge in [-0.1, -0.05) is 11.6 Å². The highest BCUT2D eigenvalue weighted by Gasteiger charge is 2.39. The Hall–Kier alpha value is -1.88. The fourth-order valence-electron chi connectivity index (χ4n) is 2.43. The molecule has 1 atom stereocenters. The topological polar surface area (TPSA) is 61.8 Å². The summed E-state index contributed by atoms with van der Waals surface area (Å²) < 4.78 is 16.6. The van der Waals surface area contributed by atoms with E-state index >= 15 is 0 Å². The second kappa shape index (κ2) is 9.36. The standard InChI is InChI=1S/C22H34O5/c1-15(12-13-25-17(3)23)10-9-11-16(2)18-14-19(22(7,8)27-18)26-20(24)21(4,5)6/h11-12,14,18H,9-10,13H2,1-8H3/b15-12+,16-11+. The molecule has 0 aromatic carbocycles. The molecular weight excluding hydrogens is 344 g/mol. The summed E-state index contributed by atoms with van der Waals surface area (Å²) in [6, 6.07) is 0. The number of ether oxygens (including phenoxy) is 3. The van der Waals surface area contributed by atoms with Gasteiger partial charge in [0.25, 0.3) is 0 Å². The van der Waals surface area contributed by atoms with E-state index in [0.717, 1.165) is 18.4 Å². The highest BCUT2D eigenvalue weighted by molar-refractivity contribution is 5.76. The molecule has 152 valence electrons. The van der Waals surface area contributed by atoms with Crippen molar-refractivity contribution in [1.29, 1.82) is 0 Å². The number of carbonyl (C=O) groups excluding carboxylic acids is 2. The molecule has 1 aliphatic rings. The monoisotopic (exact) mass is 378 g/mol. The third kappa shape index (κ3) is 7.71. The van der Waals surface area contributed by atoms with Crippen molar-refractivity contribution in [2.45, 2.75) is 79.9 Å². The van der Waals surface area contributed by atoms with Crippen LogP contribution in [0.15, 0.2) is 35.1 Å². The number of esters is 2. The average molecular weight is 379 g/mol. The van der Waals surface area contributed by atoms with E-state index in [2.05, 4.69) is 6.08 Å². The lowest BCUT2D eigenvalue weighted by molar-refractivity contribution is -0.151. The minimum Gasteiger partial charge on any atom is -0.462 e. The van der Waals surface area contributed by atoms with Crippen molar-refractivity contribution in [3.8, 4) is 0 Å². The third-order valence-electron chi connectivity index (χ3n) is 4.30. The zero-order valence-electron chi connectivity index (χ0n) is 18.0. The highest BCUT2D eigenvalue weighted by atomic mass is 16.6. The van der Waals surface area contributed by atoms with Gasteiger partial charge in [0.15, 0.2) is 0 Å². The lowest BCUT2D eigenvalue weighted by Gasteiger charge is -2.25. The first-order chi connectivity index (χ1) is 12.3. The van der Waals surface area contributed by atoms with Gasteiger partial charge < -0.3 is 14.2 Å². The van der Waals surface area contributed by atoms with Crippen LogP contribution in [0.25, 0.3) is 0 Å². The van der Waals surface area contributed by atoms with Crippen molar-refractivity contribution in [3.05, 3.63) is 35.1 Å². The second-order valence-electron chi connectivity index (χ2n) is 8.56. The van der Waals surface area contributed by atoms with Gasteiger partial charge in [0.05, 0.1) is 5.41 Å². The van der Waals surface area contributed by atoms with Gasteiger partial charge in [0.2, 0.25) is 0 Å². The number of hydrogen-bond donors (Lipinski definition) is 0. The summed E-state index contributed by atoms with van der Waals surface area (Å²) in [6.45, 7) is 15.1. The fraction of sp³-hybridized carbons (Fsp3) is 0.636. The Balaban J connectivity index is 2.66. The Morgan fingerprint density at radius 2 is 1.81 bits per heavy atom. The first-order valence-electron chi connectivity index (χ1n) is 9.41. The van der Waals surface area contributed by atoms with Gasteiger partial charge in [-0.2, -0.15) is 0 Å². The molecule has 1 aliphatic heterocycles. The van der Waals surface area contributed by atoms with Gasteiger partial charge in [0, 0.05) is 6.92 Å². The Labute approximate surface area is 163 Å². The Morgan fingerprint density at radius 3 is 2.37 bits per heavy atom. The summed E-state index contributed by atoms with van der Waals surface area (Å²) in [7, 11) is 0. The number of carbonyl (C=O) groups is 2. The SMILES string of the molecule is CC(=O)OC/C=C(\C)CC/C=C(\C)C1C=C(OC(=O)C(C)(C)C)C(C)(C)O1. The third-order valence-corrected chi connectivity index (χ3v) is 4.30. The largest absolute Gasteiger partial charge is 0.462 e. The van der Waals surface area contributed by atoms with Gasteiger partial charge in [-0.25, -0.2) is 0 Å². The molecule has 0 radical (unpaired) electrons. The normalized spacial score (nSPS) is 20.3. The molecule has 0 aromatic rings. The van der Waals surface area contributed by atoms with E-state index in [0.29, 0.717) is 12.4 Å². The molecule has 0 fully saturated rings. The van der Waals surface area contributed by atoms with Crippen molar-refractivity contribution >= 4 is 11.9 Å². The maximum Gasteiger partial charge on any atom is 0.316 e. The van der Waals surface area contributed by atoms with Crippen molar-refractivity contribution < 1.29 is 23.8 Å². The predicted octanol–water partition coefficient (Wildman–Crippen LogP) is 4.87. The maximum absolute atomic E-state index is 12.2. The molecular formula is C22H34O5. The summed E-state index contributed by atoms with van der Waals surface area (Å²) in [6.07, 6.45) is 7.48. The van der Waals surface area contributed by atoms with E-state index in [-0.39, 0.29) is 18.0 Å². The van der Waals surface area contributed by atoms with Crippen LogP contribution in [0, 0.1) is 5.41 Å². The minimum atomic E-state index is -0.638. The molecule has 0 bridgehead atoms. The molecule has 1 unspecified atom stereocenters. The molecule has 1 heterocycles. The van der Waals surface area contributed by atoms with E-state index < -0.39 is 11.0 Å². The Kier molecular flexibility index (Phi) is 8.03. The average Bonchev–Trinajstić information content (AvgIpc) is 2.81. The molecule has 5 heteroatoms. The summed E-state index contributed by atoms with van der Waals surface area (Å²) in [5.74, 6) is 0.0319. The molecule has 5 nitrogen and oxygen atoms in total. The van der Waals surface area contributed by atoms with Crippen molar-refractivity contribution in [2.75, 3.05) is 6.61 Å². The molecule has 0 aromatic heterocycles. The summed E-state index contributed by atoms with van der Waals surface area (Å²) >= 11 is 0. The van der Waals surface area contributed by atoms with Gasteiger partial charge in [-0.05, 0) is 79.0 Å². The van der Waals surface area contributed by atoms with Crippen LogP contribution in [0.5, 0.6) is 0 Å². The molecule has 1 rings (SSSR count). The van der Waals surface area contributed by atoms with Crippen molar-refractivity contribution in [2.24, 2.45) is 5.41 Å². The predicted molar refractivity (Wildman–Crippen MR) is 106 cm³/mol. The van der Waals surface area contributed by atoms with E-state index in [9.17, 15) is 9.59 Å². The lowest BCUT2D eigenvalue weighted by Crippen LogP contribution is -2.30. The van der Waals surface area contributed by atoms with Crippen LogP contribution in [-0.2, 0) is 23.8 Å². The van der Waals surface area contributed by atoms with E-state index in [4.69, 9.17) is 14.2 Å². The molecule has 0 amide bonds. The number of allylic oxidation sites excluding steroid dienone is 2. The second-order valence-corrected chi connectivity index (χ2v) is 8.56.